The number of aromatic hydroxyl groups is 1. The van der Waals surface area contributed by atoms with Crippen LogP contribution in [0.5, 0.6) is 28.7 Å². The highest BCUT2D eigenvalue weighted by Crippen LogP contribution is 2.53. The Kier molecular flexibility index (Phi) is 9.18. The molecular formula is C27H34O12. The van der Waals surface area contributed by atoms with Gasteiger partial charge in [-0.1, -0.05) is 12.2 Å². The molecule has 12 heteroatoms. The molecule has 2 heterocycles. The summed E-state index contributed by atoms with van der Waals surface area (Å²) in [5, 5.41) is 60.0. The molecule has 0 spiro atoms. The number of hydrogen-bond donors (Lipinski definition) is 6. The Morgan fingerprint density at radius 3 is 2.13 bits per heavy atom. The number of phenolic OH excluding ortho intramolecular Hbond substituents is 1. The lowest BCUT2D eigenvalue weighted by Gasteiger charge is -2.40. The molecule has 12 nitrogen and oxygen atoms in total. The van der Waals surface area contributed by atoms with Gasteiger partial charge in [0, 0.05) is 11.1 Å². The summed E-state index contributed by atoms with van der Waals surface area (Å²) >= 11 is 0. The summed E-state index contributed by atoms with van der Waals surface area (Å²) in [5.74, 6) is 0.484. The minimum absolute atomic E-state index is 0.0951. The van der Waals surface area contributed by atoms with Crippen LogP contribution in [-0.2, 0) is 9.47 Å². The Morgan fingerprint density at radius 1 is 0.872 bits per heavy atom. The summed E-state index contributed by atoms with van der Waals surface area (Å²) in [4.78, 5) is 0. The zero-order valence-electron chi connectivity index (χ0n) is 21.8. The van der Waals surface area contributed by atoms with Gasteiger partial charge in [-0.15, -0.1) is 0 Å². The van der Waals surface area contributed by atoms with Crippen LogP contribution in [0.1, 0.15) is 28.7 Å². The molecule has 39 heavy (non-hydrogen) atoms. The van der Waals surface area contributed by atoms with E-state index < -0.39 is 49.3 Å². The van der Waals surface area contributed by atoms with Crippen molar-refractivity contribution in [2.24, 2.45) is 0 Å². The third-order valence-electron chi connectivity index (χ3n) is 6.87. The lowest BCUT2D eigenvalue weighted by molar-refractivity contribution is -0.302. The first kappa shape index (κ1) is 28.9. The summed E-state index contributed by atoms with van der Waals surface area (Å²) < 4.78 is 34.0. The van der Waals surface area contributed by atoms with Crippen LogP contribution in [-0.4, -0.2) is 102 Å². The molecule has 6 N–H and O–H groups in total. The number of rotatable bonds is 10. The Morgan fingerprint density at radius 2 is 1.54 bits per heavy atom. The van der Waals surface area contributed by atoms with Gasteiger partial charge in [0.15, 0.2) is 29.3 Å². The van der Waals surface area contributed by atoms with Crippen LogP contribution in [0.2, 0.25) is 0 Å². The van der Waals surface area contributed by atoms with Crippen LogP contribution in [0.15, 0.2) is 30.3 Å². The van der Waals surface area contributed by atoms with Crippen molar-refractivity contribution in [3.8, 4) is 28.7 Å². The van der Waals surface area contributed by atoms with Gasteiger partial charge in [-0.2, -0.15) is 0 Å². The fraction of sp³-hybridized carbons (Fsp3) is 0.481. The molecule has 0 aromatic heterocycles. The van der Waals surface area contributed by atoms with E-state index in [4.69, 9.17) is 28.4 Å². The average Bonchev–Trinajstić information content (AvgIpc) is 3.32. The lowest BCUT2D eigenvalue weighted by atomic mass is 9.90. The highest BCUT2D eigenvalue weighted by molar-refractivity contribution is 5.63. The third kappa shape index (κ3) is 5.63. The average molecular weight is 551 g/mol. The van der Waals surface area contributed by atoms with Crippen molar-refractivity contribution in [1.82, 2.24) is 0 Å². The van der Waals surface area contributed by atoms with Crippen LogP contribution in [0.25, 0.3) is 6.08 Å². The summed E-state index contributed by atoms with van der Waals surface area (Å²) in [5.41, 5.74) is 1.99. The molecule has 0 saturated carbocycles. The van der Waals surface area contributed by atoms with Crippen molar-refractivity contribution in [3.05, 3.63) is 47.0 Å². The van der Waals surface area contributed by atoms with Gasteiger partial charge in [0.25, 0.3) is 0 Å². The molecule has 0 bridgehead atoms. The Balaban J connectivity index is 1.74. The number of phenols is 1. The molecule has 2 aliphatic heterocycles. The molecule has 0 unspecified atom stereocenters. The van der Waals surface area contributed by atoms with Gasteiger partial charge in [-0.3, -0.25) is 0 Å². The van der Waals surface area contributed by atoms with Crippen LogP contribution in [0.3, 0.4) is 0 Å². The van der Waals surface area contributed by atoms with Crippen molar-refractivity contribution < 1.29 is 59.1 Å². The summed E-state index contributed by atoms with van der Waals surface area (Å²) in [6.45, 7) is -0.842. The predicted molar refractivity (Wildman–Crippen MR) is 136 cm³/mol. The highest BCUT2D eigenvalue weighted by Gasteiger charge is 2.46. The molecule has 2 aromatic rings. The van der Waals surface area contributed by atoms with Crippen molar-refractivity contribution in [2.75, 3.05) is 41.2 Å². The number of aliphatic hydroxyl groups is 5. The first-order valence-electron chi connectivity index (χ1n) is 12.3. The maximum absolute atomic E-state index is 10.5. The molecule has 0 aliphatic carbocycles. The third-order valence-corrected chi connectivity index (χ3v) is 6.87. The SMILES string of the molecule is COc1cc([C@@H]2Oc3c(OC)cc(C=CCO)cc3[C@H]2CO[C@@H]2O[C@H](CO)[C@@H](O)[C@H](O)[C@H]2O)cc(OC)c1O. The smallest absolute Gasteiger partial charge is 0.200 e. The first-order valence-corrected chi connectivity index (χ1v) is 12.3. The standard InChI is InChI=1S/C27H34O12/c1-34-17-9-14(10-18(35-2)21(17)30)25-16(12-37-27-24(33)23(32)22(31)20(11-29)38-27)15-7-13(5-4-6-28)8-19(36-3)26(15)39-25/h4-5,7-10,16,20,22-25,27-33H,6,11-12H2,1-3H3/t16-,20-,22-,23+,24-,25+,27-/m1/s1. The van der Waals surface area contributed by atoms with Gasteiger partial charge in [0.05, 0.1) is 47.1 Å². The molecule has 4 rings (SSSR count). The normalized spacial score (nSPS) is 28.3. The Labute approximate surface area is 225 Å². The summed E-state index contributed by atoms with van der Waals surface area (Å²) in [6, 6.07) is 6.81. The molecular weight excluding hydrogens is 516 g/mol. The van der Waals surface area contributed by atoms with E-state index in [-0.39, 0.29) is 30.5 Å². The van der Waals surface area contributed by atoms with Gasteiger partial charge < -0.3 is 59.1 Å². The van der Waals surface area contributed by atoms with Crippen LogP contribution in [0, 0.1) is 0 Å². The lowest BCUT2D eigenvalue weighted by Crippen LogP contribution is -2.59. The summed E-state index contributed by atoms with van der Waals surface area (Å²) in [7, 11) is 4.31. The van der Waals surface area contributed by atoms with Crippen molar-refractivity contribution >= 4 is 6.08 Å². The molecule has 214 valence electrons. The molecule has 7 atom stereocenters. The predicted octanol–water partition coefficient (Wildman–Crippen LogP) is 0.457. The second kappa shape index (κ2) is 12.4. The molecule has 0 amide bonds. The van der Waals surface area contributed by atoms with Gasteiger partial charge >= 0.3 is 0 Å². The first-order chi connectivity index (χ1) is 18.8. The molecule has 2 aliphatic rings. The minimum atomic E-state index is -1.59. The van der Waals surface area contributed by atoms with Crippen molar-refractivity contribution in [2.45, 2.75) is 42.7 Å². The van der Waals surface area contributed by atoms with E-state index in [0.29, 0.717) is 22.6 Å². The monoisotopic (exact) mass is 550 g/mol. The number of aliphatic hydroxyl groups excluding tert-OH is 5. The molecule has 0 radical (unpaired) electrons. The van der Waals surface area contributed by atoms with E-state index in [1.165, 1.54) is 21.3 Å². The van der Waals surface area contributed by atoms with E-state index >= 15 is 0 Å². The van der Waals surface area contributed by atoms with E-state index in [1.54, 1.807) is 30.4 Å². The Hall–Kier alpha value is -3.10. The zero-order valence-corrected chi connectivity index (χ0v) is 21.8. The van der Waals surface area contributed by atoms with Crippen molar-refractivity contribution in [3.63, 3.8) is 0 Å². The number of ether oxygens (including phenoxy) is 6. The fourth-order valence-corrected chi connectivity index (χ4v) is 4.82. The van der Waals surface area contributed by atoms with Gasteiger partial charge in [0.2, 0.25) is 5.75 Å². The van der Waals surface area contributed by atoms with Gasteiger partial charge in [-0.05, 0) is 29.8 Å². The number of hydrogen-bond acceptors (Lipinski definition) is 12. The van der Waals surface area contributed by atoms with Crippen LogP contribution < -0.4 is 18.9 Å². The van der Waals surface area contributed by atoms with E-state index in [2.05, 4.69) is 0 Å². The summed E-state index contributed by atoms with van der Waals surface area (Å²) in [6.07, 6.45) is -4.59. The van der Waals surface area contributed by atoms with Crippen LogP contribution >= 0.6 is 0 Å². The highest BCUT2D eigenvalue weighted by atomic mass is 16.7. The zero-order chi connectivity index (χ0) is 28.3. The van der Waals surface area contributed by atoms with Gasteiger partial charge in [0.1, 0.15) is 30.5 Å². The number of methoxy groups -OCH3 is 3. The minimum Gasteiger partial charge on any atom is -0.502 e. The van der Waals surface area contributed by atoms with E-state index in [9.17, 15) is 30.6 Å². The number of fused-ring (bicyclic) bond motifs is 1. The fourth-order valence-electron chi connectivity index (χ4n) is 4.82. The maximum atomic E-state index is 10.5. The topological polar surface area (TPSA) is 177 Å². The second-order valence-electron chi connectivity index (χ2n) is 9.18. The van der Waals surface area contributed by atoms with E-state index in [1.807, 2.05) is 6.07 Å². The van der Waals surface area contributed by atoms with Gasteiger partial charge in [-0.25, -0.2) is 0 Å². The Bertz CT molecular complexity index is 1140. The molecule has 1 saturated heterocycles. The van der Waals surface area contributed by atoms with Crippen molar-refractivity contribution in [1.29, 1.82) is 0 Å². The van der Waals surface area contributed by atoms with E-state index in [0.717, 1.165) is 5.56 Å². The maximum Gasteiger partial charge on any atom is 0.200 e. The largest absolute Gasteiger partial charge is 0.502 e. The molecule has 1 fully saturated rings. The van der Waals surface area contributed by atoms with Crippen LogP contribution in [0.4, 0.5) is 0 Å². The second-order valence-corrected chi connectivity index (χ2v) is 9.18. The molecule has 2 aromatic carbocycles. The quantitative estimate of drug-likeness (QED) is 0.241. The number of benzene rings is 2.